The van der Waals surface area contributed by atoms with Gasteiger partial charge in [0.15, 0.2) is 0 Å². The Bertz CT molecular complexity index is 2810. The monoisotopic (exact) mass is 532 g/mol. The Morgan fingerprint density at radius 1 is 0.500 bits per heavy atom. The van der Waals surface area contributed by atoms with Crippen LogP contribution < -0.4 is 0 Å². The number of imidazole rings is 2. The maximum Gasteiger partial charge on any atom is 0.220 e. The van der Waals surface area contributed by atoms with Crippen LogP contribution >= 0.6 is 0 Å². The molecule has 0 spiro atoms. The van der Waals surface area contributed by atoms with Crippen molar-refractivity contribution < 1.29 is 0 Å². The maximum atomic E-state index is 9.36. The van der Waals surface area contributed by atoms with Crippen molar-refractivity contribution in [3.05, 3.63) is 127 Å². The first-order valence-corrected chi connectivity index (χ1v) is 14.1. The zero-order valence-electron chi connectivity index (χ0n) is 22.3. The lowest BCUT2D eigenvalue weighted by Gasteiger charge is -2.07. The molecule has 0 aliphatic rings. The first-order valence-electron chi connectivity index (χ1n) is 14.1. The van der Waals surface area contributed by atoms with Gasteiger partial charge in [-0.15, -0.1) is 0 Å². The molecule has 0 unspecified atom stereocenters. The molecule has 0 aliphatic carbocycles. The summed E-state index contributed by atoms with van der Waals surface area (Å²) in [5, 5.41) is 18.9. The van der Waals surface area contributed by atoms with Gasteiger partial charge in [0.2, 0.25) is 5.78 Å². The van der Waals surface area contributed by atoms with Crippen molar-refractivity contribution in [1.82, 2.24) is 13.8 Å². The number of nitrogens with zero attached hydrogens (tertiary/aromatic N) is 4. The molecule has 4 heteroatoms. The minimum absolute atomic E-state index is 0.678. The van der Waals surface area contributed by atoms with Crippen LogP contribution in [0.3, 0.4) is 0 Å². The Morgan fingerprint density at radius 2 is 1.17 bits per heavy atom. The van der Waals surface area contributed by atoms with Crippen LogP contribution in [-0.4, -0.2) is 13.8 Å². The predicted molar refractivity (Wildman–Crippen MR) is 173 cm³/mol. The molecule has 0 radical (unpaired) electrons. The van der Waals surface area contributed by atoms with Crippen molar-refractivity contribution in [2.45, 2.75) is 0 Å². The zero-order chi connectivity index (χ0) is 27.5. The second kappa shape index (κ2) is 7.63. The van der Waals surface area contributed by atoms with E-state index in [1.54, 1.807) is 0 Å². The SMILES string of the molecule is N#Cc1ccc2cc(-c3cc4c5cc6ccccc6cc5n5c4c(c3)n3c4cc6ccccc6cc4nc35)ccc2c1. The summed E-state index contributed by atoms with van der Waals surface area (Å²) in [6, 6.07) is 45.5. The van der Waals surface area contributed by atoms with Crippen LogP contribution in [0.4, 0.5) is 0 Å². The van der Waals surface area contributed by atoms with E-state index in [1.807, 2.05) is 18.2 Å². The smallest absolute Gasteiger partial charge is 0.220 e. The molecule has 10 aromatic rings. The Kier molecular flexibility index (Phi) is 3.97. The zero-order valence-corrected chi connectivity index (χ0v) is 22.3. The first kappa shape index (κ1) is 21.8. The molecule has 0 saturated carbocycles. The highest BCUT2D eigenvalue weighted by Crippen LogP contribution is 2.41. The Hall–Kier alpha value is -5.92. The highest BCUT2D eigenvalue weighted by molar-refractivity contribution is 6.20. The van der Waals surface area contributed by atoms with Crippen molar-refractivity contribution >= 4 is 76.5 Å². The minimum atomic E-state index is 0.678. The average Bonchev–Trinajstić information content (AvgIpc) is 3.67. The lowest BCUT2D eigenvalue weighted by Crippen LogP contribution is -1.86. The summed E-state index contributed by atoms with van der Waals surface area (Å²) >= 11 is 0. The molecule has 0 saturated heterocycles. The van der Waals surface area contributed by atoms with Crippen LogP contribution in [-0.2, 0) is 0 Å². The predicted octanol–water partition coefficient (Wildman–Crippen LogP) is 9.48. The molecule has 0 bridgehead atoms. The molecule has 3 heterocycles. The minimum Gasteiger partial charge on any atom is -0.277 e. The highest BCUT2D eigenvalue weighted by atomic mass is 15.2. The largest absolute Gasteiger partial charge is 0.277 e. The fourth-order valence-electron chi connectivity index (χ4n) is 6.99. The molecule has 0 aliphatic heterocycles. The van der Waals surface area contributed by atoms with Crippen LogP contribution in [0.25, 0.3) is 87.6 Å². The normalized spacial score (nSPS) is 12.3. The van der Waals surface area contributed by atoms with Gasteiger partial charge in [-0.1, -0.05) is 66.7 Å². The molecular formula is C38H20N4. The van der Waals surface area contributed by atoms with Gasteiger partial charge in [-0.2, -0.15) is 5.26 Å². The average molecular weight is 533 g/mol. The van der Waals surface area contributed by atoms with Gasteiger partial charge in [0, 0.05) is 10.8 Å². The van der Waals surface area contributed by atoms with Gasteiger partial charge >= 0.3 is 0 Å². The summed E-state index contributed by atoms with van der Waals surface area (Å²) in [6.07, 6.45) is 0. The van der Waals surface area contributed by atoms with Gasteiger partial charge in [0.1, 0.15) is 0 Å². The molecule has 192 valence electrons. The number of fused-ring (bicyclic) bond motifs is 11. The van der Waals surface area contributed by atoms with Crippen LogP contribution in [0.15, 0.2) is 121 Å². The Labute approximate surface area is 239 Å². The molecule has 3 aromatic heterocycles. The van der Waals surface area contributed by atoms with Gasteiger partial charge in [0.25, 0.3) is 0 Å². The number of rotatable bonds is 1. The van der Waals surface area contributed by atoms with E-state index in [1.165, 1.54) is 43.4 Å². The van der Waals surface area contributed by atoms with Crippen LogP contribution in [0.1, 0.15) is 5.56 Å². The molecule has 10 rings (SSSR count). The second-order valence-corrected chi connectivity index (χ2v) is 11.3. The quantitative estimate of drug-likeness (QED) is 0.211. The number of nitriles is 1. The molecule has 7 aromatic carbocycles. The molecular weight excluding hydrogens is 512 g/mol. The molecule has 4 nitrogen and oxygen atoms in total. The van der Waals surface area contributed by atoms with E-state index in [9.17, 15) is 5.26 Å². The Balaban J connectivity index is 1.38. The summed E-state index contributed by atoms with van der Waals surface area (Å²) < 4.78 is 4.69. The van der Waals surface area contributed by atoms with Crippen LogP contribution in [0.5, 0.6) is 0 Å². The number of hydrogen-bond acceptors (Lipinski definition) is 2. The maximum absolute atomic E-state index is 9.36. The first-order chi connectivity index (χ1) is 20.7. The Morgan fingerprint density at radius 3 is 1.95 bits per heavy atom. The topological polar surface area (TPSA) is 45.5 Å². The van der Waals surface area contributed by atoms with Crippen LogP contribution in [0.2, 0.25) is 0 Å². The van der Waals surface area contributed by atoms with E-state index < -0.39 is 0 Å². The lowest BCUT2D eigenvalue weighted by atomic mass is 9.98. The van der Waals surface area contributed by atoms with E-state index in [4.69, 9.17) is 4.98 Å². The van der Waals surface area contributed by atoms with Crippen molar-refractivity contribution in [3.63, 3.8) is 0 Å². The summed E-state index contributed by atoms with van der Waals surface area (Å²) in [5.74, 6) is 0.935. The molecule has 0 N–H and O–H groups in total. The number of aromatic nitrogens is 3. The number of hydrogen-bond donors (Lipinski definition) is 0. The van der Waals surface area contributed by atoms with E-state index in [0.717, 1.165) is 44.2 Å². The molecule has 0 fully saturated rings. The summed E-state index contributed by atoms with van der Waals surface area (Å²) in [5.41, 5.74) is 8.61. The van der Waals surface area contributed by atoms with E-state index >= 15 is 0 Å². The second-order valence-electron chi connectivity index (χ2n) is 11.3. The third kappa shape index (κ3) is 2.77. The fourth-order valence-corrected chi connectivity index (χ4v) is 6.99. The summed E-state index contributed by atoms with van der Waals surface area (Å²) in [4.78, 5) is 5.24. The fraction of sp³-hybridized carbons (Fsp3) is 0. The van der Waals surface area contributed by atoms with E-state index in [2.05, 4.69) is 118 Å². The van der Waals surface area contributed by atoms with Gasteiger partial charge in [-0.25, -0.2) is 4.98 Å². The van der Waals surface area contributed by atoms with E-state index in [0.29, 0.717) is 5.56 Å². The lowest BCUT2D eigenvalue weighted by molar-refractivity contribution is 1.22. The molecule has 42 heavy (non-hydrogen) atoms. The van der Waals surface area contributed by atoms with Gasteiger partial charge in [-0.05, 0) is 98.0 Å². The van der Waals surface area contributed by atoms with Crippen molar-refractivity contribution in [2.24, 2.45) is 0 Å². The number of benzene rings is 7. The summed E-state index contributed by atoms with van der Waals surface area (Å²) in [6.45, 7) is 0. The van der Waals surface area contributed by atoms with Crippen molar-refractivity contribution in [3.8, 4) is 17.2 Å². The molecule has 0 atom stereocenters. The van der Waals surface area contributed by atoms with Crippen molar-refractivity contribution in [2.75, 3.05) is 0 Å². The third-order valence-corrected chi connectivity index (χ3v) is 8.96. The third-order valence-electron chi connectivity index (χ3n) is 8.96. The van der Waals surface area contributed by atoms with Gasteiger partial charge in [0.05, 0.1) is 39.2 Å². The standard InChI is InChI=1S/C38H20N4/c39-21-22-9-10-28-14-29(12-11-27(28)13-22)30-16-32-31-15-23-5-1-3-7-25(23)18-34(31)42-37(32)36(20-30)41-35-19-26-8-4-2-6-24(26)17-33(35)40-38(41)42/h1-20H. The van der Waals surface area contributed by atoms with Gasteiger partial charge in [-0.3, -0.25) is 8.80 Å². The van der Waals surface area contributed by atoms with E-state index in [-0.39, 0.29) is 0 Å². The highest BCUT2D eigenvalue weighted by Gasteiger charge is 2.22. The molecule has 0 amide bonds. The summed E-state index contributed by atoms with van der Waals surface area (Å²) in [7, 11) is 0. The van der Waals surface area contributed by atoms with Crippen LogP contribution in [0, 0.1) is 11.3 Å². The van der Waals surface area contributed by atoms with Crippen molar-refractivity contribution in [1.29, 1.82) is 5.26 Å². The van der Waals surface area contributed by atoms with Gasteiger partial charge < -0.3 is 0 Å².